The summed E-state index contributed by atoms with van der Waals surface area (Å²) < 4.78 is 0. The van der Waals surface area contributed by atoms with Gasteiger partial charge >= 0.3 is 0 Å². The van der Waals surface area contributed by atoms with Gasteiger partial charge in [0.15, 0.2) is 0 Å². The molecule has 3 N–H and O–H groups in total. The quantitative estimate of drug-likeness (QED) is 0.585. The van der Waals surface area contributed by atoms with E-state index in [0.29, 0.717) is 19.3 Å². The van der Waals surface area contributed by atoms with Crippen molar-refractivity contribution < 1.29 is 15.3 Å². The summed E-state index contributed by atoms with van der Waals surface area (Å²) in [7, 11) is 0. The summed E-state index contributed by atoms with van der Waals surface area (Å²) in [5.74, 6) is 0. The van der Waals surface area contributed by atoms with Gasteiger partial charge in [0.05, 0.1) is 17.3 Å². The number of rotatable bonds is 8. The summed E-state index contributed by atoms with van der Waals surface area (Å²) in [4.78, 5) is 0. The van der Waals surface area contributed by atoms with E-state index in [1.54, 1.807) is 13.8 Å². The Bertz CT molecular complexity index is 286. The molecule has 3 heteroatoms. The van der Waals surface area contributed by atoms with Gasteiger partial charge in [0.2, 0.25) is 0 Å². The molecule has 0 saturated carbocycles. The van der Waals surface area contributed by atoms with Crippen molar-refractivity contribution in [3.8, 4) is 0 Å². The summed E-state index contributed by atoms with van der Waals surface area (Å²) >= 11 is 0. The molecule has 0 fully saturated rings. The monoisotopic (exact) mass is 256 g/mol. The predicted molar refractivity (Wildman–Crippen MR) is 75.4 cm³/mol. The van der Waals surface area contributed by atoms with Crippen LogP contribution < -0.4 is 0 Å². The van der Waals surface area contributed by atoms with Crippen LogP contribution in [0.4, 0.5) is 0 Å². The molecule has 106 valence electrons. The number of aliphatic hydroxyl groups is 3. The first-order chi connectivity index (χ1) is 8.10. The Morgan fingerprint density at radius 2 is 1.78 bits per heavy atom. The fourth-order valence-corrected chi connectivity index (χ4v) is 1.66. The zero-order valence-corrected chi connectivity index (χ0v) is 12.1. The van der Waals surface area contributed by atoms with Crippen molar-refractivity contribution >= 4 is 0 Å². The molecule has 0 aliphatic heterocycles. The van der Waals surface area contributed by atoms with Crippen LogP contribution in [0, 0.1) is 0 Å². The zero-order valence-electron chi connectivity index (χ0n) is 12.1. The van der Waals surface area contributed by atoms with Gasteiger partial charge in [0.25, 0.3) is 0 Å². The van der Waals surface area contributed by atoms with Crippen LogP contribution in [0.1, 0.15) is 53.4 Å². The highest BCUT2D eigenvalue weighted by molar-refractivity contribution is 4.96. The minimum Gasteiger partial charge on any atom is -0.390 e. The summed E-state index contributed by atoms with van der Waals surface area (Å²) in [6, 6.07) is 0. The molecule has 0 saturated heterocycles. The van der Waals surface area contributed by atoms with E-state index in [9.17, 15) is 15.3 Å². The number of aliphatic hydroxyl groups excluding tert-OH is 1. The van der Waals surface area contributed by atoms with Gasteiger partial charge in [-0.15, -0.1) is 6.58 Å². The maximum Gasteiger partial charge on any atom is 0.0880 e. The first-order valence-electron chi connectivity index (χ1n) is 6.50. The van der Waals surface area contributed by atoms with E-state index in [1.807, 2.05) is 19.9 Å². The van der Waals surface area contributed by atoms with Crippen LogP contribution in [0.2, 0.25) is 0 Å². The number of hydrogen-bond acceptors (Lipinski definition) is 3. The fraction of sp³-hybridized carbons (Fsp3) is 0.733. The summed E-state index contributed by atoms with van der Waals surface area (Å²) in [6.45, 7) is 10.8. The molecule has 3 atom stereocenters. The highest BCUT2D eigenvalue weighted by Gasteiger charge is 2.30. The van der Waals surface area contributed by atoms with Crippen molar-refractivity contribution in [1.82, 2.24) is 0 Å². The van der Waals surface area contributed by atoms with Crippen molar-refractivity contribution in [3.63, 3.8) is 0 Å². The summed E-state index contributed by atoms with van der Waals surface area (Å²) in [5, 5.41) is 29.9. The van der Waals surface area contributed by atoms with Crippen molar-refractivity contribution in [3.05, 3.63) is 24.3 Å². The second-order valence-corrected chi connectivity index (χ2v) is 5.79. The lowest BCUT2D eigenvalue weighted by molar-refractivity contribution is -0.0759. The van der Waals surface area contributed by atoms with Crippen LogP contribution in [-0.4, -0.2) is 32.6 Å². The van der Waals surface area contributed by atoms with Crippen LogP contribution in [-0.2, 0) is 0 Å². The largest absolute Gasteiger partial charge is 0.390 e. The van der Waals surface area contributed by atoms with Crippen LogP contribution >= 0.6 is 0 Å². The number of allylic oxidation sites excluding steroid dienone is 2. The smallest absolute Gasteiger partial charge is 0.0880 e. The molecule has 0 amide bonds. The summed E-state index contributed by atoms with van der Waals surface area (Å²) in [5.41, 5.74) is -0.907. The average Bonchev–Trinajstić information content (AvgIpc) is 2.25. The van der Waals surface area contributed by atoms with E-state index in [2.05, 4.69) is 6.58 Å². The molecule has 0 radical (unpaired) electrons. The molecular weight excluding hydrogens is 228 g/mol. The van der Waals surface area contributed by atoms with E-state index < -0.39 is 17.3 Å². The van der Waals surface area contributed by atoms with E-state index >= 15 is 0 Å². The predicted octanol–water partition coefficient (Wildman–Crippen LogP) is 2.56. The van der Waals surface area contributed by atoms with Gasteiger partial charge in [0, 0.05) is 0 Å². The van der Waals surface area contributed by atoms with Crippen LogP contribution in [0.15, 0.2) is 24.3 Å². The Kier molecular flexibility index (Phi) is 6.82. The third-order valence-electron chi connectivity index (χ3n) is 3.28. The zero-order chi connectivity index (χ0) is 14.4. The molecule has 3 nitrogen and oxygen atoms in total. The van der Waals surface area contributed by atoms with Crippen LogP contribution in [0.25, 0.3) is 0 Å². The molecule has 0 rings (SSSR count). The SMILES string of the molecule is C=CC(C)(O)CCC(O)C(C)(O)CCC=C(C)C. The van der Waals surface area contributed by atoms with Crippen LogP contribution in [0.3, 0.4) is 0 Å². The van der Waals surface area contributed by atoms with Crippen molar-refractivity contribution in [2.24, 2.45) is 0 Å². The fourth-order valence-electron chi connectivity index (χ4n) is 1.66. The maximum absolute atomic E-state index is 10.2. The van der Waals surface area contributed by atoms with Gasteiger partial charge < -0.3 is 15.3 Å². The average molecular weight is 256 g/mol. The molecule has 18 heavy (non-hydrogen) atoms. The highest BCUT2D eigenvalue weighted by atomic mass is 16.3. The standard InChI is InChI=1S/C15H28O3/c1-6-14(4,17)11-9-13(16)15(5,18)10-7-8-12(2)3/h6,8,13,16-18H,1,7,9-11H2,2-5H3. The third-order valence-corrected chi connectivity index (χ3v) is 3.28. The van der Waals surface area contributed by atoms with Gasteiger partial charge in [-0.3, -0.25) is 0 Å². The molecule has 0 aromatic heterocycles. The van der Waals surface area contributed by atoms with Crippen molar-refractivity contribution in [1.29, 1.82) is 0 Å². The third kappa shape index (κ3) is 6.94. The first kappa shape index (κ1) is 17.4. The van der Waals surface area contributed by atoms with Gasteiger partial charge in [0.1, 0.15) is 0 Å². The molecule has 0 heterocycles. The minimum atomic E-state index is -1.12. The second kappa shape index (κ2) is 7.07. The van der Waals surface area contributed by atoms with E-state index in [0.717, 1.165) is 6.42 Å². The first-order valence-corrected chi connectivity index (χ1v) is 6.50. The van der Waals surface area contributed by atoms with Crippen molar-refractivity contribution in [2.45, 2.75) is 70.7 Å². The molecule has 0 aliphatic rings. The Hall–Kier alpha value is -0.640. The molecule has 0 aromatic rings. The lowest BCUT2D eigenvalue weighted by atomic mass is 9.87. The minimum absolute atomic E-state index is 0.348. The second-order valence-electron chi connectivity index (χ2n) is 5.79. The highest BCUT2D eigenvalue weighted by Crippen LogP contribution is 2.24. The summed E-state index contributed by atoms with van der Waals surface area (Å²) in [6.07, 6.45) is 4.64. The molecule has 0 aliphatic carbocycles. The maximum atomic E-state index is 10.2. The van der Waals surface area contributed by atoms with Gasteiger partial charge in [-0.2, -0.15) is 0 Å². The topological polar surface area (TPSA) is 60.7 Å². The van der Waals surface area contributed by atoms with E-state index in [4.69, 9.17) is 0 Å². The molecule has 0 bridgehead atoms. The Morgan fingerprint density at radius 1 is 1.22 bits per heavy atom. The number of hydrogen-bond donors (Lipinski definition) is 3. The van der Waals surface area contributed by atoms with E-state index in [-0.39, 0.29) is 0 Å². The lowest BCUT2D eigenvalue weighted by Gasteiger charge is -2.30. The Labute approximate surface area is 111 Å². The van der Waals surface area contributed by atoms with Crippen LogP contribution in [0.5, 0.6) is 0 Å². The molecular formula is C15H28O3. The van der Waals surface area contributed by atoms with Crippen molar-refractivity contribution in [2.75, 3.05) is 0 Å². The Balaban J connectivity index is 4.25. The molecule has 0 aromatic carbocycles. The molecule has 0 spiro atoms. The molecule has 3 unspecified atom stereocenters. The lowest BCUT2D eigenvalue weighted by Crippen LogP contribution is -2.40. The van der Waals surface area contributed by atoms with E-state index in [1.165, 1.54) is 11.6 Å². The Morgan fingerprint density at radius 3 is 2.22 bits per heavy atom. The van der Waals surface area contributed by atoms with Gasteiger partial charge in [-0.25, -0.2) is 0 Å². The van der Waals surface area contributed by atoms with Gasteiger partial charge in [-0.05, 0) is 53.4 Å². The normalized spacial score (nSPS) is 19.5. The van der Waals surface area contributed by atoms with Gasteiger partial charge in [-0.1, -0.05) is 17.7 Å².